The van der Waals surface area contributed by atoms with E-state index in [1.807, 2.05) is 30.3 Å². The van der Waals surface area contributed by atoms with Gasteiger partial charge in [0.25, 0.3) is 0 Å². The molecule has 0 amide bonds. The number of hydrogen-bond donors (Lipinski definition) is 0. The number of hydrogen-bond acceptors (Lipinski definition) is 4. The van der Waals surface area contributed by atoms with Crippen molar-refractivity contribution in [2.24, 2.45) is 5.92 Å². The Morgan fingerprint density at radius 2 is 1.75 bits per heavy atom. The largest absolute Gasteiger partial charge is 0.412 e. The van der Waals surface area contributed by atoms with Crippen LogP contribution in [0.1, 0.15) is 20.8 Å². The van der Waals surface area contributed by atoms with Gasteiger partial charge < -0.3 is 9.31 Å². The average Bonchev–Trinajstić information content (AvgIpc) is 2.32. The Morgan fingerprint density at radius 1 is 1.15 bits per heavy atom. The van der Waals surface area contributed by atoms with Crippen LogP contribution in [0.2, 0.25) is 19.6 Å². The Balaban J connectivity index is 2.30. The molecule has 0 aliphatic rings. The highest BCUT2D eigenvalue weighted by Gasteiger charge is 2.32. The molecule has 0 saturated carbocycles. The minimum atomic E-state index is -1.54. The van der Waals surface area contributed by atoms with Gasteiger partial charge in [0.05, 0.1) is 5.60 Å². The molecule has 0 heterocycles. The molecule has 0 radical (unpaired) electrons. The predicted octanol–water partition coefficient (Wildman–Crippen LogP) is 4.91. The molecule has 1 rings (SSSR count). The van der Waals surface area contributed by atoms with Crippen molar-refractivity contribution in [3.05, 3.63) is 30.3 Å². The summed E-state index contributed by atoms with van der Waals surface area (Å²) in [6, 6.07) is 9.50. The molecule has 0 fully saturated rings. The van der Waals surface area contributed by atoms with E-state index < -0.39 is 8.32 Å². The van der Waals surface area contributed by atoms with Crippen LogP contribution in [0.25, 0.3) is 0 Å². The lowest BCUT2D eigenvalue weighted by Crippen LogP contribution is -2.43. The minimum absolute atomic E-state index is 0.145. The Labute approximate surface area is 128 Å². The van der Waals surface area contributed by atoms with Crippen molar-refractivity contribution >= 4 is 20.4 Å². The van der Waals surface area contributed by atoms with Crippen molar-refractivity contribution in [2.45, 2.75) is 46.0 Å². The Morgan fingerprint density at radius 3 is 2.30 bits per heavy atom. The van der Waals surface area contributed by atoms with Crippen LogP contribution in [0.3, 0.4) is 0 Å². The van der Waals surface area contributed by atoms with Crippen molar-refractivity contribution in [1.82, 2.24) is 0 Å². The van der Waals surface area contributed by atoms with Gasteiger partial charge in [0, 0.05) is 17.8 Å². The monoisotopic (exact) mass is 314 g/mol. The highest BCUT2D eigenvalue weighted by Crippen LogP contribution is 2.28. The van der Waals surface area contributed by atoms with Crippen molar-refractivity contribution < 1.29 is 13.6 Å². The van der Waals surface area contributed by atoms with E-state index in [0.717, 1.165) is 5.75 Å². The molecule has 1 aromatic carbocycles. The molecule has 0 aliphatic carbocycles. The van der Waals surface area contributed by atoms with Gasteiger partial charge >= 0.3 is 0 Å². The zero-order chi connectivity index (χ0) is 15.2. The van der Waals surface area contributed by atoms with E-state index in [9.17, 15) is 0 Å². The topological polar surface area (TPSA) is 27.7 Å². The van der Waals surface area contributed by atoms with Crippen LogP contribution >= 0.6 is 12.0 Å². The van der Waals surface area contributed by atoms with Crippen molar-refractivity contribution in [1.29, 1.82) is 0 Å². The normalized spacial score (nSPS) is 14.1. The van der Waals surface area contributed by atoms with Gasteiger partial charge in [0.2, 0.25) is 0 Å². The van der Waals surface area contributed by atoms with E-state index in [1.165, 1.54) is 12.0 Å². The Hall–Kier alpha value is -0.493. The maximum atomic E-state index is 6.23. The van der Waals surface area contributed by atoms with Crippen molar-refractivity contribution in [3.63, 3.8) is 0 Å². The first-order valence-electron chi connectivity index (χ1n) is 6.92. The van der Waals surface area contributed by atoms with Gasteiger partial charge in [-0.1, -0.05) is 25.1 Å². The number of rotatable bonds is 8. The second kappa shape index (κ2) is 7.50. The molecule has 0 unspecified atom stereocenters. The van der Waals surface area contributed by atoms with Gasteiger partial charge in [0.15, 0.2) is 14.1 Å². The maximum absolute atomic E-state index is 6.23. The smallest absolute Gasteiger partial charge is 0.184 e. The molecular formula is C15H26O3SSi. The molecular weight excluding hydrogens is 288 g/mol. The van der Waals surface area contributed by atoms with Crippen LogP contribution < -0.4 is 4.89 Å². The molecule has 1 atom stereocenters. The summed E-state index contributed by atoms with van der Waals surface area (Å²) >= 11 is 1.32. The summed E-state index contributed by atoms with van der Waals surface area (Å²) in [5.41, 5.74) is -0.145. The van der Waals surface area contributed by atoms with Crippen molar-refractivity contribution in [3.8, 4) is 5.75 Å². The molecule has 3 nitrogen and oxygen atoms in total. The van der Waals surface area contributed by atoms with Gasteiger partial charge in [-0.2, -0.15) is 0 Å². The van der Waals surface area contributed by atoms with Gasteiger partial charge in [-0.15, -0.1) is 4.33 Å². The fourth-order valence-corrected chi connectivity index (χ4v) is 4.33. The summed E-state index contributed by atoms with van der Waals surface area (Å²) in [4.78, 5) is 5.20. The van der Waals surface area contributed by atoms with Gasteiger partial charge in [-0.05, 0) is 51.5 Å². The molecule has 0 bridgehead atoms. The van der Waals surface area contributed by atoms with Gasteiger partial charge in [0.1, 0.15) is 0 Å². The summed E-state index contributed by atoms with van der Waals surface area (Å²) in [5, 5.41) is 0. The van der Waals surface area contributed by atoms with Crippen LogP contribution in [0.5, 0.6) is 5.75 Å². The van der Waals surface area contributed by atoms with Crippen LogP contribution in [-0.2, 0) is 8.76 Å². The summed E-state index contributed by atoms with van der Waals surface area (Å²) in [5.74, 6) is 1.91. The second-order valence-corrected chi connectivity index (χ2v) is 11.6. The van der Waals surface area contributed by atoms with Crippen LogP contribution in [0.4, 0.5) is 0 Å². The van der Waals surface area contributed by atoms with Crippen LogP contribution in [0.15, 0.2) is 30.3 Å². The quantitative estimate of drug-likeness (QED) is 0.224. The molecule has 0 aliphatic heterocycles. The van der Waals surface area contributed by atoms with Crippen LogP contribution in [-0.4, -0.2) is 19.7 Å². The molecule has 5 heteroatoms. The molecule has 0 aromatic heterocycles. The molecule has 1 aromatic rings. The standard InChI is InChI=1S/C15H26O3SSi/c1-13(15(2,3)17-20(4,5)6)12-19-18-16-14-10-8-7-9-11-14/h7-11,13H,12H2,1-6H3/t13-/m1/s1. The first-order valence-corrected chi connectivity index (χ1v) is 11.2. The Bertz CT molecular complexity index is 390. The van der Waals surface area contributed by atoms with Crippen molar-refractivity contribution in [2.75, 3.05) is 5.75 Å². The fraction of sp³-hybridized carbons (Fsp3) is 0.600. The van der Waals surface area contributed by atoms with E-state index >= 15 is 0 Å². The lowest BCUT2D eigenvalue weighted by Gasteiger charge is -2.37. The maximum Gasteiger partial charge on any atom is 0.184 e. The summed E-state index contributed by atoms with van der Waals surface area (Å²) in [6.07, 6.45) is 0. The van der Waals surface area contributed by atoms with Crippen LogP contribution in [0, 0.1) is 5.92 Å². The summed E-state index contributed by atoms with van der Waals surface area (Å²) in [7, 11) is -1.54. The highest BCUT2D eigenvalue weighted by molar-refractivity contribution is 7.94. The Kier molecular flexibility index (Phi) is 6.58. The van der Waals surface area contributed by atoms with Gasteiger partial charge in [-0.3, -0.25) is 0 Å². The predicted molar refractivity (Wildman–Crippen MR) is 88.3 cm³/mol. The third-order valence-electron chi connectivity index (χ3n) is 3.00. The first-order chi connectivity index (χ1) is 9.21. The van der Waals surface area contributed by atoms with E-state index in [2.05, 4.69) is 40.4 Å². The molecule has 0 N–H and O–H groups in total. The van der Waals surface area contributed by atoms with E-state index in [0.29, 0.717) is 11.7 Å². The van der Waals surface area contributed by atoms with E-state index in [-0.39, 0.29) is 5.60 Å². The molecule has 114 valence electrons. The zero-order valence-corrected chi connectivity index (χ0v) is 15.1. The number of benzene rings is 1. The third-order valence-corrected chi connectivity index (χ3v) is 4.93. The molecule has 0 spiro atoms. The highest BCUT2D eigenvalue weighted by atomic mass is 32.2. The molecule has 0 saturated heterocycles. The molecule has 20 heavy (non-hydrogen) atoms. The minimum Gasteiger partial charge on any atom is -0.412 e. The lowest BCUT2D eigenvalue weighted by atomic mass is 9.95. The fourth-order valence-electron chi connectivity index (χ4n) is 1.76. The number of para-hydroxylation sites is 1. The zero-order valence-electron chi connectivity index (χ0n) is 13.3. The SMILES string of the molecule is C[C@H](CSOOc1ccccc1)C(C)(C)O[Si](C)(C)C. The summed E-state index contributed by atoms with van der Waals surface area (Å²) < 4.78 is 11.4. The van der Waals surface area contributed by atoms with Gasteiger partial charge in [-0.25, -0.2) is 0 Å². The average molecular weight is 315 g/mol. The van der Waals surface area contributed by atoms with E-state index in [4.69, 9.17) is 13.6 Å². The summed E-state index contributed by atoms with van der Waals surface area (Å²) in [6.45, 7) is 13.1. The second-order valence-electron chi connectivity index (χ2n) is 6.47. The first kappa shape index (κ1) is 17.6. The lowest BCUT2D eigenvalue weighted by molar-refractivity contribution is -0.0785. The third kappa shape index (κ3) is 6.79. The van der Waals surface area contributed by atoms with E-state index in [1.54, 1.807) is 0 Å².